The van der Waals surface area contributed by atoms with Gasteiger partial charge in [-0.05, 0) is 56.8 Å². The summed E-state index contributed by atoms with van der Waals surface area (Å²) in [5, 5.41) is 3.18. The number of fused-ring (bicyclic) bond motifs is 1. The summed E-state index contributed by atoms with van der Waals surface area (Å²) >= 11 is 0. The third-order valence-corrected chi connectivity index (χ3v) is 4.73. The van der Waals surface area contributed by atoms with Crippen LogP contribution in [0, 0.1) is 6.92 Å². The zero-order valence-corrected chi connectivity index (χ0v) is 12.6. The van der Waals surface area contributed by atoms with E-state index in [1.54, 1.807) is 0 Å². The van der Waals surface area contributed by atoms with Gasteiger partial charge in [0.15, 0.2) is 0 Å². The minimum absolute atomic E-state index is 0.0283. The fraction of sp³-hybridized carbons (Fsp3) is 0.562. The molecular weight excluding hydrogens is 264 g/mol. The molecule has 5 heteroatoms. The van der Waals surface area contributed by atoms with Crippen molar-refractivity contribution in [1.29, 1.82) is 0 Å². The normalized spacial score (nSPS) is 25.4. The first-order valence-electron chi connectivity index (χ1n) is 7.79. The van der Waals surface area contributed by atoms with E-state index in [4.69, 9.17) is 5.84 Å². The zero-order chi connectivity index (χ0) is 14.8. The maximum absolute atomic E-state index is 12.5. The van der Waals surface area contributed by atoms with Gasteiger partial charge in [0.2, 0.25) is 0 Å². The molecule has 0 spiro atoms. The lowest BCUT2D eigenvalue weighted by atomic mass is 9.97. The summed E-state index contributed by atoms with van der Waals surface area (Å²) in [6, 6.07) is 6.62. The zero-order valence-electron chi connectivity index (χ0n) is 12.6. The van der Waals surface area contributed by atoms with E-state index in [0.29, 0.717) is 17.3 Å². The number of nitrogens with zero attached hydrogens (tertiary/aromatic N) is 1. The Morgan fingerprint density at radius 3 is 3.00 bits per heavy atom. The van der Waals surface area contributed by atoms with Gasteiger partial charge in [-0.2, -0.15) is 0 Å². The number of hydrogen-bond donors (Lipinski definition) is 3. The topological polar surface area (TPSA) is 70.4 Å². The van der Waals surface area contributed by atoms with E-state index >= 15 is 0 Å². The number of nitrogens with one attached hydrogen (secondary N) is 2. The Morgan fingerprint density at radius 1 is 1.33 bits per heavy atom. The predicted molar refractivity (Wildman–Crippen MR) is 84.1 cm³/mol. The molecule has 1 amide bonds. The largest absolute Gasteiger partial charge is 0.349 e. The number of benzene rings is 1. The third-order valence-electron chi connectivity index (χ3n) is 4.73. The van der Waals surface area contributed by atoms with Crippen molar-refractivity contribution in [2.24, 2.45) is 5.84 Å². The molecule has 0 saturated carbocycles. The van der Waals surface area contributed by atoms with E-state index in [1.807, 2.05) is 25.1 Å². The fourth-order valence-corrected chi connectivity index (χ4v) is 3.59. The van der Waals surface area contributed by atoms with Crippen LogP contribution in [-0.4, -0.2) is 36.0 Å². The molecule has 2 saturated heterocycles. The van der Waals surface area contributed by atoms with E-state index in [1.165, 1.54) is 19.4 Å². The van der Waals surface area contributed by atoms with Crippen molar-refractivity contribution in [3.63, 3.8) is 0 Å². The summed E-state index contributed by atoms with van der Waals surface area (Å²) < 4.78 is 0. The highest BCUT2D eigenvalue weighted by atomic mass is 16.1. The Balaban J connectivity index is 1.66. The smallest absolute Gasteiger partial charge is 0.253 e. The number of nitrogen functional groups attached to an aromatic ring is 1. The molecule has 1 aromatic rings. The number of rotatable bonds is 3. The van der Waals surface area contributed by atoms with Crippen LogP contribution >= 0.6 is 0 Å². The van der Waals surface area contributed by atoms with E-state index < -0.39 is 0 Å². The maximum Gasteiger partial charge on any atom is 0.253 e. The van der Waals surface area contributed by atoms with Crippen molar-refractivity contribution in [2.75, 3.05) is 18.5 Å². The molecule has 0 radical (unpaired) electrons. The van der Waals surface area contributed by atoms with Crippen LogP contribution in [0.25, 0.3) is 0 Å². The van der Waals surface area contributed by atoms with Crippen molar-refractivity contribution in [1.82, 2.24) is 10.2 Å². The first-order valence-corrected chi connectivity index (χ1v) is 7.79. The van der Waals surface area contributed by atoms with Crippen LogP contribution in [0.3, 0.4) is 0 Å². The highest BCUT2D eigenvalue weighted by molar-refractivity contribution is 5.99. The van der Waals surface area contributed by atoms with E-state index in [0.717, 1.165) is 24.9 Å². The van der Waals surface area contributed by atoms with Gasteiger partial charge in [-0.25, -0.2) is 0 Å². The highest BCUT2D eigenvalue weighted by Gasteiger charge is 2.32. The van der Waals surface area contributed by atoms with Crippen molar-refractivity contribution < 1.29 is 4.79 Å². The lowest BCUT2D eigenvalue weighted by Crippen LogP contribution is -2.47. The van der Waals surface area contributed by atoms with Gasteiger partial charge in [0.1, 0.15) is 0 Å². The number of hydrogen-bond acceptors (Lipinski definition) is 4. The van der Waals surface area contributed by atoms with Crippen molar-refractivity contribution in [3.8, 4) is 0 Å². The Morgan fingerprint density at radius 2 is 2.19 bits per heavy atom. The summed E-state index contributed by atoms with van der Waals surface area (Å²) in [7, 11) is 0. The van der Waals surface area contributed by atoms with Crippen molar-refractivity contribution >= 4 is 11.6 Å². The third kappa shape index (κ3) is 3.04. The second-order valence-electron chi connectivity index (χ2n) is 6.22. The van der Waals surface area contributed by atoms with Crippen LogP contribution < -0.4 is 16.6 Å². The van der Waals surface area contributed by atoms with Crippen LogP contribution in [0.2, 0.25) is 0 Å². The van der Waals surface area contributed by atoms with Gasteiger partial charge < -0.3 is 15.6 Å². The number of piperidine rings is 1. The maximum atomic E-state index is 12.5. The molecule has 2 aliphatic rings. The molecule has 114 valence electrons. The average molecular weight is 288 g/mol. The number of nitrogens with two attached hydrogens (primary N) is 1. The second-order valence-corrected chi connectivity index (χ2v) is 6.22. The van der Waals surface area contributed by atoms with Gasteiger partial charge in [0.05, 0.1) is 11.3 Å². The number of carbonyl (C=O) groups excluding carboxylic acids is 1. The summed E-state index contributed by atoms with van der Waals surface area (Å²) in [6.07, 6.45) is 4.68. The molecule has 3 rings (SSSR count). The molecule has 2 unspecified atom stereocenters. The molecular formula is C16H24N4O. The summed E-state index contributed by atoms with van der Waals surface area (Å²) in [4.78, 5) is 15.0. The van der Waals surface area contributed by atoms with Gasteiger partial charge >= 0.3 is 0 Å². The number of aryl methyl sites for hydroxylation is 1. The summed E-state index contributed by atoms with van der Waals surface area (Å²) in [5.41, 5.74) is 5.01. The molecule has 2 aliphatic heterocycles. The number of amides is 1. The molecule has 2 heterocycles. The number of hydrazine groups is 1. The van der Waals surface area contributed by atoms with Crippen LogP contribution in [0.15, 0.2) is 18.2 Å². The SMILES string of the molecule is Cc1ccc(C(=O)NC2CCN3CCCC3C2)c(NN)c1. The van der Waals surface area contributed by atoms with E-state index in [2.05, 4.69) is 15.6 Å². The monoisotopic (exact) mass is 288 g/mol. The molecule has 5 nitrogen and oxygen atoms in total. The van der Waals surface area contributed by atoms with Crippen molar-refractivity contribution in [2.45, 2.75) is 44.7 Å². The average Bonchev–Trinajstić information content (AvgIpc) is 2.94. The Bertz CT molecular complexity index is 531. The Hall–Kier alpha value is -1.59. The van der Waals surface area contributed by atoms with Crippen LogP contribution in [0.1, 0.15) is 41.6 Å². The molecule has 2 fully saturated rings. The Labute approximate surface area is 125 Å². The minimum Gasteiger partial charge on any atom is -0.349 e. The number of anilines is 1. The van der Waals surface area contributed by atoms with Gasteiger partial charge in [-0.3, -0.25) is 10.6 Å². The van der Waals surface area contributed by atoms with Crippen LogP contribution in [0.4, 0.5) is 5.69 Å². The molecule has 0 aromatic heterocycles. The molecule has 21 heavy (non-hydrogen) atoms. The Kier molecular flexibility index (Phi) is 4.12. The molecule has 4 N–H and O–H groups in total. The standard InChI is InChI=1S/C16H24N4O/c1-11-4-5-14(15(9-11)19-17)16(21)18-12-6-8-20-7-2-3-13(20)10-12/h4-5,9,12-13,19H,2-3,6-8,10,17H2,1H3,(H,18,21). The quantitative estimate of drug-likeness (QED) is 0.584. The molecule has 2 atom stereocenters. The lowest BCUT2D eigenvalue weighted by Gasteiger charge is -2.35. The van der Waals surface area contributed by atoms with Crippen molar-refractivity contribution in [3.05, 3.63) is 29.3 Å². The molecule has 1 aromatic carbocycles. The minimum atomic E-state index is -0.0283. The van der Waals surface area contributed by atoms with Crippen LogP contribution in [-0.2, 0) is 0 Å². The predicted octanol–water partition coefficient (Wildman–Crippen LogP) is 1.64. The van der Waals surface area contributed by atoms with Crippen LogP contribution in [0.5, 0.6) is 0 Å². The lowest BCUT2D eigenvalue weighted by molar-refractivity contribution is 0.0897. The number of carbonyl (C=O) groups is 1. The summed E-state index contributed by atoms with van der Waals surface area (Å²) in [5.74, 6) is 5.50. The first-order chi connectivity index (χ1) is 10.2. The van der Waals surface area contributed by atoms with Gasteiger partial charge in [-0.15, -0.1) is 0 Å². The van der Waals surface area contributed by atoms with Gasteiger partial charge in [0.25, 0.3) is 5.91 Å². The van der Waals surface area contributed by atoms with E-state index in [-0.39, 0.29) is 11.9 Å². The fourth-order valence-electron chi connectivity index (χ4n) is 3.59. The van der Waals surface area contributed by atoms with E-state index in [9.17, 15) is 4.79 Å². The second kappa shape index (κ2) is 6.03. The highest BCUT2D eigenvalue weighted by Crippen LogP contribution is 2.27. The van der Waals surface area contributed by atoms with Gasteiger partial charge in [-0.1, -0.05) is 6.07 Å². The molecule has 0 bridgehead atoms. The van der Waals surface area contributed by atoms with Gasteiger partial charge in [0, 0.05) is 18.6 Å². The summed E-state index contributed by atoms with van der Waals surface area (Å²) in [6.45, 7) is 4.31. The molecule has 0 aliphatic carbocycles. The first kappa shape index (κ1) is 14.4.